The van der Waals surface area contributed by atoms with Gasteiger partial charge in [-0.3, -0.25) is 9.59 Å². The minimum Gasteiger partial charge on any atom is -0.492 e. The highest BCUT2D eigenvalue weighted by Gasteiger charge is 2.38. The molecule has 3 aliphatic rings. The van der Waals surface area contributed by atoms with Crippen molar-refractivity contribution in [3.8, 4) is 5.75 Å². The number of rotatable bonds is 1. The van der Waals surface area contributed by atoms with E-state index < -0.39 is 0 Å². The molecule has 0 radical (unpaired) electrons. The van der Waals surface area contributed by atoms with E-state index in [1.807, 2.05) is 41.0 Å². The van der Waals surface area contributed by atoms with E-state index in [2.05, 4.69) is 4.98 Å². The Labute approximate surface area is 211 Å². The van der Waals surface area contributed by atoms with Crippen molar-refractivity contribution in [1.82, 2.24) is 14.8 Å². The number of nitrogens with zero attached hydrogens (tertiary/aromatic N) is 3. The fourth-order valence-corrected chi connectivity index (χ4v) is 6.43. The summed E-state index contributed by atoms with van der Waals surface area (Å²) in [5.41, 5.74) is 3.17. The molecular formula is C27H35N3O4S. The lowest BCUT2D eigenvalue weighted by atomic mass is 9.75. The van der Waals surface area contributed by atoms with Gasteiger partial charge in [-0.05, 0) is 57.6 Å². The van der Waals surface area contributed by atoms with Gasteiger partial charge in [0, 0.05) is 31.7 Å². The van der Waals surface area contributed by atoms with Crippen LogP contribution in [0.3, 0.4) is 0 Å². The second-order valence-electron chi connectivity index (χ2n) is 10.2. The fourth-order valence-electron chi connectivity index (χ4n) is 5.66. The van der Waals surface area contributed by atoms with Gasteiger partial charge in [-0.1, -0.05) is 18.6 Å². The van der Waals surface area contributed by atoms with E-state index in [1.165, 1.54) is 11.3 Å². The summed E-state index contributed by atoms with van der Waals surface area (Å²) in [6.45, 7) is 5.98. The Morgan fingerprint density at radius 3 is 2.74 bits per heavy atom. The summed E-state index contributed by atoms with van der Waals surface area (Å²) in [6, 6.07) is 7.79. The number of piperidine rings is 1. The first-order valence-electron chi connectivity index (χ1n) is 12.9. The van der Waals surface area contributed by atoms with E-state index in [0.717, 1.165) is 68.7 Å². The van der Waals surface area contributed by atoms with Crippen LogP contribution in [0.25, 0.3) is 0 Å². The summed E-state index contributed by atoms with van der Waals surface area (Å²) in [6.07, 6.45) is 6.89. The molecule has 2 saturated heterocycles. The molecule has 2 aromatic rings. The number of aromatic nitrogens is 1. The third kappa shape index (κ3) is 5.23. The first-order valence-corrected chi connectivity index (χ1v) is 13.7. The summed E-state index contributed by atoms with van der Waals surface area (Å²) >= 11 is 1.42. The molecule has 1 atom stereocenters. The Kier molecular flexibility index (Phi) is 7.39. The molecular weight excluding hydrogens is 462 g/mol. The monoisotopic (exact) mass is 497 g/mol. The first-order chi connectivity index (χ1) is 17.1. The van der Waals surface area contributed by atoms with Crippen LogP contribution in [-0.2, 0) is 4.74 Å². The van der Waals surface area contributed by atoms with Crippen molar-refractivity contribution in [3.05, 3.63) is 45.9 Å². The van der Waals surface area contributed by atoms with Gasteiger partial charge in [-0.2, -0.15) is 0 Å². The highest BCUT2D eigenvalue weighted by molar-refractivity contribution is 7.11. The number of hydrogen-bond donors (Lipinski definition) is 0. The van der Waals surface area contributed by atoms with Gasteiger partial charge in [0.25, 0.3) is 11.8 Å². The van der Waals surface area contributed by atoms with Crippen LogP contribution >= 0.6 is 11.3 Å². The van der Waals surface area contributed by atoms with Crippen LogP contribution in [0, 0.1) is 12.3 Å². The molecule has 2 amide bonds. The van der Waals surface area contributed by atoms with Crippen LogP contribution in [0.5, 0.6) is 5.75 Å². The average Bonchev–Trinajstić information content (AvgIpc) is 3.53. The number of likely N-dealkylation sites (tertiary alicyclic amines) is 1. The van der Waals surface area contributed by atoms with Crippen LogP contribution in [-0.4, -0.2) is 72.1 Å². The Bertz CT molecular complexity index is 1050. The van der Waals surface area contributed by atoms with Gasteiger partial charge in [0.15, 0.2) is 0 Å². The molecule has 1 spiro atoms. The standard InChI is InChI=1S/C27H35N3O4S/c1-20-24(35-19-28-20)26(32)29-14-11-27(12-15-29)10-4-5-16-33-17-21-7-6-13-30(21)25(31)22-8-2-3-9-23(22)34-18-27/h2-3,8-9,19,21H,4-7,10-18H2,1H3/t21-/m0/s1. The second-order valence-corrected chi connectivity index (χ2v) is 11.0. The van der Waals surface area contributed by atoms with Gasteiger partial charge in [0.1, 0.15) is 10.6 Å². The van der Waals surface area contributed by atoms with Gasteiger partial charge >= 0.3 is 0 Å². The smallest absolute Gasteiger partial charge is 0.265 e. The molecule has 8 heteroatoms. The zero-order valence-electron chi connectivity index (χ0n) is 20.5. The number of benzene rings is 1. The van der Waals surface area contributed by atoms with Gasteiger partial charge < -0.3 is 19.3 Å². The van der Waals surface area contributed by atoms with Crippen molar-refractivity contribution in [1.29, 1.82) is 0 Å². The number of aryl methyl sites for hydroxylation is 1. The quantitative estimate of drug-likeness (QED) is 0.578. The minimum absolute atomic E-state index is 0.0179. The maximum absolute atomic E-state index is 13.5. The summed E-state index contributed by atoms with van der Waals surface area (Å²) < 4.78 is 12.5. The number of thiazole rings is 1. The van der Waals surface area contributed by atoms with Gasteiger partial charge in [0.2, 0.25) is 0 Å². The number of carbonyl (C=O) groups excluding carboxylic acids is 2. The van der Waals surface area contributed by atoms with Gasteiger partial charge in [-0.25, -0.2) is 4.98 Å². The normalized spacial score (nSPS) is 23.3. The molecule has 188 valence electrons. The van der Waals surface area contributed by atoms with Crippen LogP contribution in [0.15, 0.2) is 29.8 Å². The zero-order chi connectivity index (χ0) is 24.3. The molecule has 0 aliphatic carbocycles. The number of carbonyl (C=O) groups is 2. The number of ether oxygens (including phenoxy) is 2. The van der Waals surface area contributed by atoms with Crippen LogP contribution in [0.2, 0.25) is 0 Å². The average molecular weight is 498 g/mol. The number of para-hydroxylation sites is 1. The Morgan fingerprint density at radius 1 is 1.11 bits per heavy atom. The molecule has 0 N–H and O–H groups in total. The summed E-state index contributed by atoms with van der Waals surface area (Å²) in [5.74, 6) is 0.795. The second kappa shape index (κ2) is 10.7. The van der Waals surface area contributed by atoms with E-state index >= 15 is 0 Å². The topological polar surface area (TPSA) is 72.0 Å². The Morgan fingerprint density at radius 2 is 1.94 bits per heavy atom. The summed E-state index contributed by atoms with van der Waals surface area (Å²) in [4.78, 5) is 35.4. The predicted molar refractivity (Wildman–Crippen MR) is 135 cm³/mol. The van der Waals surface area contributed by atoms with Crippen molar-refractivity contribution >= 4 is 23.2 Å². The molecule has 3 aliphatic heterocycles. The van der Waals surface area contributed by atoms with Crippen LogP contribution < -0.4 is 4.74 Å². The lowest BCUT2D eigenvalue weighted by Gasteiger charge is -2.42. The Hall–Kier alpha value is -2.45. The lowest BCUT2D eigenvalue weighted by molar-refractivity contribution is 0.0305. The summed E-state index contributed by atoms with van der Waals surface area (Å²) in [7, 11) is 0. The minimum atomic E-state index is -0.0179. The van der Waals surface area contributed by atoms with E-state index in [0.29, 0.717) is 37.6 Å². The van der Waals surface area contributed by atoms with Crippen LogP contribution in [0.4, 0.5) is 0 Å². The number of hydrogen-bond acceptors (Lipinski definition) is 6. The van der Waals surface area contributed by atoms with Crippen molar-refractivity contribution < 1.29 is 19.1 Å². The van der Waals surface area contributed by atoms with Gasteiger partial charge in [0.05, 0.1) is 36.0 Å². The maximum atomic E-state index is 13.5. The van der Waals surface area contributed by atoms with Crippen molar-refractivity contribution in [2.75, 3.05) is 39.5 Å². The highest BCUT2D eigenvalue weighted by Crippen LogP contribution is 2.39. The van der Waals surface area contributed by atoms with Crippen molar-refractivity contribution in [2.24, 2.45) is 5.41 Å². The van der Waals surface area contributed by atoms with E-state index in [4.69, 9.17) is 9.47 Å². The third-order valence-electron chi connectivity index (χ3n) is 7.90. The van der Waals surface area contributed by atoms with E-state index in [9.17, 15) is 9.59 Å². The molecule has 0 bridgehead atoms. The fraction of sp³-hybridized carbons (Fsp3) is 0.593. The molecule has 35 heavy (non-hydrogen) atoms. The molecule has 4 heterocycles. The van der Waals surface area contributed by atoms with Crippen LogP contribution in [0.1, 0.15) is 70.7 Å². The molecule has 1 aromatic carbocycles. The first kappa shape index (κ1) is 24.3. The highest BCUT2D eigenvalue weighted by atomic mass is 32.1. The molecule has 5 rings (SSSR count). The number of amides is 2. The number of fused-ring (bicyclic) bond motifs is 2. The molecule has 1 aromatic heterocycles. The molecule has 0 saturated carbocycles. The Balaban J connectivity index is 1.33. The van der Waals surface area contributed by atoms with Gasteiger partial charge in [-0.15, -0.1) is 11.3 Å². The van der Waals surface area contributed by atoms with E-state index in [1.54, 1.807) is 5.51 Å². The molecule has 7 nitrogen and oxygen atoms in total. The predicted octanol–water partition coefficient (Wildman–Crippen LogP) is 4.56. The van der Waals surface area contributed by atoms with E-state index in [-0.39, 0.29) is 23.3 Å². The SMILES string of the molecule is Cc1ncsc1C(=O)N1CCC2(CCCCOC[C@@H]3CCCN3C(=O)c3ccccc3OC2)CC1. The van der Waals surface area contributed by atoms with Crippen molar-refractivity contribution in [2.45, 2.75) is 57.9 Å². The molecule has 0 unspecified atom stereocenters. The summed E-state index contributed by atoms with van der Waals surface area (Å²) in [5, 5.41) is 0. The van der Waals surface area contributed by atoms with Crippen molar-refractivity contribution in [3.63, 3.8) is 0 Å². The molecule has 2 fully saturated rings. The largest absolute Gasteiger partial charge is 0.492 e. The lowest BCUT2D eigenvalue weighted by Crippen LogP contribution is -2.45. The maximum Gasteiger partial charge on any atom is 0.265 e. The zero-order valence-corrected chi connectivity index (χ0v) is 21.4. The third-order valence-corrected chi connectivity index (χ3v) is 8.81.